The summed E-state index contributed by atoms with van der Waals surface area (Å²) in [7, 11) is 1.59. The van der Waals surface area contributed by atoms with E-state index in [0.29, 0.717) is 17.0 Å². The van der Waals surface area contributed by atoms with Crippen molar-refractivity contribution in [3.05, 3.63) is 40.4 Å². The zero-order valence-corrected chi connectivity index (χ0v) is 8.65. The molecule has 0 saturated carbocycles. The third-order valence-electron chi connectivity index (χ3n) is 2.33. The van der Waals surface area contributed by atoms with Crippen LogP contribution in [0, 0.1) is 6.92 Å². The van der Waals surface area contributed by atoms with Crippen LogP contribution in [-0.4, -0.2) is 4.74 Å². The van der Waals surface area contributed by atoms with Gasteiger partial charge in [0.1, 0.15) is 5.76 Å². The molecule has 2 N–H and O–H groups in total. The van der Waals surface area contributed by atoms with Gasteiger partial charge in [0.15, 0.2) is 0 Å². The number of hydrogen-bond donors (Lipinski definition) is 1. The molecule has 4 heteroatoms. The van der Waals surface area contributed by atoms with Gasteiger partial charge in [-0.25, -0.2) is 0 Å². The van der Waals surface area contributed by atoms with E-state index in [9.17, 15) is 4.79 Å². The number of nitrogens with two attached hydrogens (primary N) is 1. The minimum atomic E-state index is -0.128. The third-order valence-corrected chi connectivity index (χ3v) is 2.33. The molecule has 0 bridgehead atoms. The number of nitrogen functional groups attached to an aromatic ring is 1. The average Bonchev–Trinajstić information content (AvgIpc) is 2.44. The smallest absolute Gasteiger partial charge is 0.290 e. The van der Waals surface area contributed by atoms with Crippen molar-refractivity contribution >= 4 is 5.69 Å². The average molecular weight is 204 g/mol. The highest BCUT2D eigenvalue weighted by Gasteiger charge is 2.12. The Hall–Kier alpha value is -1.97. The zero-order valence-electron chi connectivity index (χ0n) is 8.65. The second-order valence-corrected chi connectivity index (χ2v) is 3.45. The summed E-state index contributed by atoms with van der Waals surface area (Å²) in [6.45, 7) is 1.77. The quantitative estimate of drug-likeness (QED) is 0.716. The topological polar surface area (TPSA) is 61.2 Å². The molecule has 0 saturated heterocycles. The summed E-state index contributed by atoms with van der Waals surface area (Å²) in [5.74, 6) is 0.618. The molecule has 0 aliphatic carbocycles. The largest absolute Gasteiger partial charge is 0.399 e. The van der Waals surface area contributed by atoms with E-state index >= 15 is 0 Å². The molecule has 0 fully saturated rings. The number of benzene rings is 1. The van der Waals surface area contributed by atoms with Crippen molar-refractivity contribution in [2.24, 2.45) is 7.05 Å². The van der Waals surface area contributed by atoms with E-state index < -0.39 is 0 Å². The van der Waals surface area contributed by atoms with E-state index in [4.69, 9.17) is 10.3 Å². The molecule has 0 radical (unpaired) electrons. The van der Waals surface area contributed by atoms with Crippen molar-refractivity contribution in [3.8, 4) is 11.1 Å². The first-order chi connectivity index (χ1) is 7.09. The molecule has 0 aliphatic heterocycles. The maximum atomic E-state index is 11.7. The van der Waals surface area contributed by atoms with Crippen LogP contribution in [0.2, 0.25) is 0 Å². The van der Waals surface area contributed by atoms with Crippen LogP contribution in [-0.2, 0) is 7.05 Å². The van der Waals surface area contributed by atoms with Crippen LogP contribution in [0.4, 0.5) is 5.69 Å². The molecule has 0 spiro atoms. The fraction of sp³-hybridized carbons (Fsp3) is 0.182. The van der Waals surface area contributed by atoms with Gasteiger partial charge in [0.2, 0.25) is 0 Å². The Morgan fingerprint density at radius 2 is 1.87 bits per heavy atom. The van der Waals surface area contributed by atoms with Crippen LogP contribution in [0.1, 0.15) is 5.76 Å². The van der Waals surface area contributed by atoms with Gasteiger partial charge in [-0.1, -0.05) is 12.1 Å². The Morgan fingerprint density at radius 1 is 1.27 bits per heavy atom. The molecule has 0 atom stereocenters. The van der Waals surface area contributed by atoms with Crippen molar-refractivity contribution in [2.75, 3.05) is 5.73 Å². The normalized spacial score (nSPS) is 10.5. The van der Waals surface area contributed by atoms with Gasteiger partial charge in [-0.05, 0) is 24.6 Å². The van der Waals surface area contributed by atoms with Crippen LogP contribution in [0.5, 0.6) is 0 Å². The Bertz CT molecular complexity index is 535. The summed E-state index contributed by atoms with van der Waals surface area (Å²) in [4.78, 5) is 11.7. The summed E-state index contributed by atoms with van der Waals surface area (Å²) in [5, 5.41) is 0. The fourth-order valence-electron chi connectivity index (χ4n) is 1.58. The minimum Gasteiger partial charge on any atom is -0.399 e. The minimum absolute atomic E-state index is 0.128. The number of rotatable bonds is 1. The molecule has 2 rings (SSSR count). The van der Waals surface area contributed by atoms with Crippen molar-refractivity contribution in [1.82, 2.24) is 4.74 Å². The standard InChI is InChI=1S/C11H12N2O2/c1-7-10(11(14)13(2)15-7)8-3-5-9(12)6-4-8/h3-6H,12H2,1-2H3. The first kappa shape index (κ1) is 9.58. The lowest BCUT2D eigenvalue weighted by Crippen LogP contribution is -2.11. The van der Waals surface area contributed by atoms with Crippen LogP contribution >= 0.6 is 0 Å². The highest BCUT2D eigenvalue weighted by atomic mass is 16.5. The summed E-state index contributed by atoms with van der Waals surface area (Å²) in [6.07, 6.45) is 0. The molecule has 2 aromatic rings. The molecule has 1 aromatic heterocycles. The third kappa shape index (κ3) is 1.54. The lowest BCUT2D eigenvalue weighted by Gasteiger charge is -1.97. The van der Waals surface area contributed by atoms with Gasteiger partial charge in [0.25, 0.3) is 5.56 Å². The highest BCUT2D eigenvalue weighted by Crippen LogP contribution is 2.20. The molecule has 0 aliphatic rings. The summed E-state index contributed by atoms with van der Waals surface area (Å²) in [5.41, 5.74) is 7.55. The Labute approximate surface area is 86.9 Å². The molecule has 0 unspecified atom stereocenters. The molecule has 4 nitrogen and oxygen atoms in total. The monoisotopic (exact) mass is 204 g/mol. The van der Waals surface area contributed by atoms with Gasteiger partial charge >= 0.3 is 0 Å². The van der Waals surface area contributed by atoms with Crippen molar-refractivity contribution in [1.29, 1.82) is 0 Å². The van der Waals surface area contributed by atoms with Gasteiger partial charge in [-0.15, -0.1) is 0 Å². The van der Waals surface area contributed by atoms with Crippen LogP contribution in [0.3, 0.4) is 0 Å². The van der Waals surface area contributed by atoms with Gasteiger partial charge in [-0.3, -0.25) is 4.79 Å². The predicted molar refractivity (Wildman–Crippen MR) is 58.5 cm³/mol. The van der Waals surface area contributed by atoms with Crippen molar-refractivity contribution in [3.63, 3.8) is 0 Å². The van der Waals surface area contributed by atoms with E-state index in [-0.39, 0.29) is 5.56 Å². The van der Waals surface area contributed by atoms with Crippen molar-refractivity contribution < 1.29 is 4.52 Å². The first-order valence-corrected chi connectivity index (χ1v) is 4.62. The Morgan fingerprint density at radius 3 is 2.33 bits per heavy atom. The molecular weight excluding hydrogens is 192 g/mol. The SMILES string of the molecule is Cc1on(C)c(=O)c1-c1ccc(N)cc1. The lowest BCUT2D eigenvalue weighted by molar-refractivity contribution is 0.283. The van der Waals surface area contributed by atoms with E-state index in [1.807, 2.05) is 12.1 Å². The fourth-order valence-corrected chi connectivity index (χ4v) is 1.58. The van der Waals surface area contributed by atoms with Crippen molar-refractivity contribution in [2.45, 2.75) is 6.92 Å². The van der Waals surface area contributed by atoms with E-state index in [1.165, 1.54) is 4.74 Å². The lowest BCUT2D eigenvalue weighted by atomic mass is 10.1. The number of hydrogen-bond acceptors (Lipinski definition) is 3. The van der Waals surface area contributed by atoms with E-state index in [2.05, 4.69) is 0 Å². The second-order valence-electron chi connectivity index (χ2n) is 3.45. The maximum absolute atomic E-state index is 11.7. The molecule has 15 heavy (non-hydrogen) atoms. The molecule has 78 valence electrons. The Balaban J connectivity index is 2.64. The Kier molecular flexibility index (Phi) is 2.11. The van der Waals surface area contributed by atoms with E-state index in [1.54, 1.807) is 26.1 Å². The number of anilines is 1. The maximum Gasteiger partial charge on any atom is 0.290 e. The number of nitrogens with zero attached hydrogens (tertiary/aromatic N) is 1. The first-order valence-electron chi connectivity index (χ1n) is 4.62. The van der Waals surface area contributed by atoms with Crippen LogP contribution in [0.25, 0.3) is 11.1 Å². The van der Waals surface area contributed by atoms with Gasteiger partial charge in [0, 0.05) is 12.7 Å². The molecule has 1 aromatic carbocycles. The van der Waals surface area contributed by atoms with E-state index in [0.717, 1.165) is 5.56 Å². The van der Waals surface area contributed by atoms with Crippen LogP contribution < -0.4 is 11.3 Å². The molecule has 0 amide bonds. The van der Waals surface area contributed by atoms with Gasteiger partial charge in [0.05, 0.1) is 5.56 Å². The van der Waals surface area contributed by atoms with Gasteiger partial charge < -0.3 is 10.3 Å². The summed E-state index contributed by atoms with van der Waals surface area (Å²) in [6, 6.07) is 7.16. The number of aromatic nitrogens is 1. The van der Waals surface area contributed by atoms with Gasteiger partial charge in [-0.2, -0.15) is 4.74 Å². The molecular formula is C11H12N2O2. The predicted octanol–water partition coefficient (Wildman–Crippen LogP) is 1.54. The summed E-state index contributed by atoms with van der Waals surface area (Å²) < 4.78 is 6.43. The number of aryl methyl sites for hydroxylation is 2. The zero-order chi connectivity index (χ0) is 11.0. The van der Waals surface area contributed by atoms with Crippen LogP contribution in [0.15, 0.2) is 33.6 Å². The second kappa shape index (κ2) is 3.31. The molecule has 1 heterocycles. The summed E-state index contributed by atoms with van der Waals surface area (Å²) >= 11 is 0. The highest BCUT2D eigenvalue weighted by molar-refractivity contribution is 5.66.